The minimum absolute atomic E-state index is 0.0989. The van der Waals surface area contributed by atoms with Gasteiger partial charge < -0.3 is 14.2 Å². The molecule has 0 fully saturated rings. The van der Waals surface area contributed by atoms with Gasteiger partial charge in [0, 0.05) is 19.3 Å². The number of allylic oxidation sites excluding steroid dienone is 1. The Morgan fingerprint density at radius 2 is 0.492 bits per heavy atom. The number of rotatable bonds is 54. The number of esters is 2. The van der Waals surface area contributed by atoms with Gasteiger partial charge in [0.05, 0.1) is 5.76 Å². The quantitative estimate of drug-likeness (QED) is 0.0346. The Morgan fingerprint density at radius 1 is 0.302 bits per heavy atom. The van der Waals surface area contributed by atoms with Crippen LogP contribution < -0.4 is 0 Å². The SMILES string of the molecule is C=C(CCCCCCCCCCCCCCCCC)OC(COC(=O)CCCCCCCCCCCCCCCCC)COC(=O)CCCCCCCCCCCCCCCCC. The molecule has 0 aromatic rings. The van der Waals surface area contributed by atoms with Gasteiger partial charge in [0.1, 0.15) is 13.2 Å². The van der Waals surface area contributed by atoms with Gasteiger partial charge in [-0.2, -0.15) is 0 Å². The van der Waals surface area contributed by atoms with Crippen molar-refractivity contribution in [3.63, 3.8) is 0 Å². The van der Waals surface area contributed by atoms with E-state index in [-0.39, 0.29) is 25.2 Å². The normalized spacial score (nSPS) is 11.4. The molecule has 0 aromatic heterocycles. The first-order chi connectivity index (χ1) is 31.0. The molecule has 0 saturated carbocycles. The summed E-state index contributed by atoms with van der Waals surface area (Å²) in [5.41, 5.74) is 0. The highest BCUT2D eigenvalue weighted by Gasteiger charge is 2.17. The standard InChI is InChI=1S/C58H112O5/c1-5-8-11-14-17-20-23-26-29-32-35-38-41-44-47-50-55(4)63-56(53-61-57(59)51-48-45-42-39-36-33-30-27-24-21-18-15-12-9-6-2)54-62-58(60)52-49-46-43-40-37-34-31-28-25-22-19-16-13-10-7-3/h56H,4-54H2,1-3H3. The molecule has 0 aliphatic rings. The molecular weight excluding hydrogens is 777 g/mol. The van der Waals surface area contributed by atoms with Crippen molar-refractivity contribution in [3.8, 4) is 0 Å². The lowest BCUT2D eigenvalue weighted by molar-refractivity contribution is -0.153. The topological polar surface area (TPSA) is 61.8 Å². The van der Waals surface area contributed by atoms with Crippen LogP contribution in [-0.2, 0) is 23.8 Å². The summed E-state index contributed by atoms with van der Waals surface area (Å²) in [5, 5.41) is 0. The number of carbonyl (C=O) groups is 2. The molecule has 0 radical (unpaired) electrons. The van der Waals surface area contributed by atoms with Gasteiger partial charge in [0.25, 0.3) is 0 Å². The first-order valence-corrected chi connectivity index (χ1v) is 28.7. The Morgan fingerprint density at radius 3 is 0.714 bits per heavy atom. The summed E-state index contributed by atoms with van der Waals surface area (Å²) in [4.78, 5) is 25.4. The van der Waals surface area contributed by atoms with E-state index in [2.05, 4.69) is 27.4 Å². The zero-order valence-electron chi connectivity index (χ0n) is 43.2. The Hall–Kier alpha value is -1.52. The van der Waals surface area contributed by atoms with Gasteiger partial charge in [-0.1, -0.05) is 297 Å². The molecule has 0 aliphatic carbocycles. The Balaban J connectivity index is 4.30. The minimum Gasteiger partial charge on any atom is -0.488 e. The number of hydrogen-bond acceptors (Lipinski definition) is 5. The van der Waals surface area contributed by atoms with Crippen LogP contribution in [0.25, 0.3) is 0 Å². The van der Waals surface area contributed by atoms with Crippen molar-refractivity contribution in [2.24, 2.45) is 0 Å². The molecule has 5 heteroatoms. The lowest BCUT2D eigenvalue weighted by Crippen LogP contribution is -2.28. The van der Waals surface area contributed by atoms with Crippen LogP contribution in [0.1, 0.15) is 329 Å². The lowest BCUT2D eigenvalue weighted by atomic mass is 10.0. The Kier molecular flexibility index (Phi) is 51.8. The first-order valence-electron chi connectivity index (χ1n) is 28.7. The van der Waals surface area contributed by atoms with Gasteiger partial charge in [0.15, 0.2) is 6.10 Å². The van der Waals surface area contributed by atoms with Crippen LogP contribution in [-0.4, -0.2) is 31.3 Å². The molecule has 63 heavy (non-hydrogen) atoms. The van der Waals surface area contributed by atoms with Crippen molar-refractivity contribution in [3.05, 3.63) is 12.3 Å². The minimum atomic E-state index is -0.510. The van der Waals surface area contributed by atoms with E-state index in [0.29, 0.717) is 18.6 Å². The highest BCUT2D eigenvalue weighted by Crippen LogP contribution is 2.19. The van der Waals surface area contributed by atoms with Crippen LogP contribution >= 0.6 is 0 Å². The molecule has 0 spiro atoms. The van der Waals surface area contributed by atoms with E-state index < -0.39 is 6.10 Å². The molecule has 0 aliphatic heterocycles. The van der Waals surface area contributed by atoms with Crippen LogP contribution in [0, 0.1) is 0 Å². The molecule has 0 atom stereocenters. The van der Waals surface area contributed by atoms with Crippen LogP contribution in [0.2, 0.25) is 0 Å². The summed E-state index contributed by atoms with van der Waals surface area (Å²) in [6.45, 7) is 11.2. The summed E-state index contributed by atoms with van der Waals surface area (Å²) in [7, 11) is 0. The predicted molar refractivity (Wildman–Crippen MR) is 275 cm³/mol. The largest absolute Gasteiger partial charge is 0.488 e. The smallest absolute Gasteiger partial charge is 0.305 e. The van der Waals surface area contributed by atoms with Gasteiger partial charge in [-0.25, -0.2) is 0 Å². The van der Waals surface area contributed by atoms with E-state index in [9.17, 15) is 9.59 Å². The average molecular weight is 890 g/mol. The molecule has 5 nitrogen and oxygen atoms in total. The van der Waals surface area contributed by atoms with Crippen molar-refractivity contribution < 1.29 is 23.8 Å². The van der Waals surface area contributed by atoms with Gasteiger partial charge >= 0.3 is 11.9 Å². The fourth-order valence-corrected chi connectivity index (χ4v) is 8.90. The highest BCUT2D eigenvalue weighted by molar-refractivity contribution is 5.69. The third-order valence-corrected chi connectivity index (χ3v) is 13.2. The fraction of sp³-hybridized carbons (Fsp3) is 0.931. The van der Waals surface area contributed by atoms with E-state index in [1.807, 2.05) is 0 Å². The van der Waals surface area contributed by atoms with Crippen molar-refractivity contribution in [1.82, 2.24) is 0 Å². The van der Waals surface area contributed by atoms with E-state index in [0.717, 1.165) is 38.5 Å². The summed E-state index contributed by atoms with van der Waals surface area (Å²) >= 11 is 0. The molecule has 0 saturated heterocycles. The molecule has 0 bridgehead atoms. The molecule has 0 unspecified atom stereocenters. The van der Waals surface area contributed by atoms with Gasteiger partial charge in [-0.3, -0.25) is 9.59 Å². The monoisotopic (exact) mass is 889 g/mol. The first kappa shape index (κ1) is 61.5. The second-order valence-corrected chi connectivity index (χ2v) is 19.7. The molecule has 374 valence electrons. The summed E-state index contributed by atoms with van der Waals surface area (Å²) in [6, 6.07) is 0. The maximum absolute atomic E-state index is 12.7. The molecule has 0 heterocycles. The zero-order valence-corrected chi connectivity index (χ0v) is 43.2. The maximum Gasteiger partial charge on any atom is 0.305 e. The molecule has 0 amide bonds. The second-order valence-electron chi connectivity index (χ2n) is 19.7. The van der Waals surface area contributed by atoms with E-state index in [1.54, 1.807) is 0 Å². The Bertz CT molecular complexity index is 882. The fourth-order valence-electron chi connectivity index (χ4n) is 8.90. The van der Waals surface area contributed by atoms with E-state index in [1.165, 1.54) is 257 Å². The Labute approximate surface area is 395 Å². The molecule has 0 N–H and O–H groups in total. The summed E-state index contributed by atoms with van der Waals surface area (Å²) < 4.78 is 17.5. The van der Waals surface area contributed by atoms with E-state index >= 15 is 0 Å². The van der Waals surface area contributed by atoms with Crippen LogP contribution in [0.4, 0.5) is 0 Å². The third-order valence-electron chi connectivity index (χ3n) is 13.2. The molecular formula is C58H112O5. The maximum atomic E-state index is 12.7. The number of carbonyl (C=O) groups excluding carboxylic acids is 2. The van der Waals surface area contributed by atoms with Crippen molar-refractivity contribution >= 4 is 11.9 Å². The zero-order chi connectivity index (χ0) is 45.8. The van der Waals surface area contributed by atoms with Gasteiger partial charge in [0.2, 0.25) is 0 Å². The number of hydrogen-bond donors (Lipinski definition) is 0. The van der Waals surface area contributed by atoms with Crippen LogP contribution in [0.5, 0.6) is 0 Å². The predicted octanol–water partition coefficient (Wildman–Crippen LogP) is 19.8. The number of ether oxygens (including phenoxy) is 3. The number of unbranched alkanes of at least 4 members (excludes halogenated alkanes) is 42. The van der Waals surface area contributed by atoms with Gasteiger partial charge in [-0.05, 0) is 19.3 Å². The van der Waals surface area contributed by atoms with Crippen LogP contribution in [0.15, 0.2) is 12.3 Å². The lowest BCUT2D eigenvalue weighted by Gasteiger charge is -2.20. The van der Waals surface area contributed by atoms with Gasteiger partial charge in [-0.15, -0.1) is 0 Å². The second kappa shape index (κ2) is 53.1. The average Bonchev–Trinajstić information content (AvgIpc) is 3.28. The third kappa shape index (κ3) is 51.3. The van der Waals surface area contributed by atoms with Crippen molar-refractivity contribution in [2.75, 3.05) is 13.2 Å². The molecule has 0 aromatic carbocycles. The van der Waals surface area contributed by atoms with Crippen molar-refractivity contribution in [2.45, 2.75) is 335 Å². The summed E-state index contributed by atoms with van der Waals surface area (Å²) in [6.07, 6.45) is 60.3. The van der Waals surface area contributed by atoms with Crippen molar-refractivity contribution in [1.29, 1.82) is 0 Å². The van der Waals surface area contributed by atoms with E-state index in [4.69, 9.17) is 14.2 Å². The molecule has 0 rings (SSSR count). The van der Waals surface area contributed by atoms with Crippen LogP contribution in [0.3, 0.4) is 0 Å². The summed E-state index contributed by atoms with van der Waals surface area (Å²) in [5.74, 6) is 0.331. The highest BCUT2D eigenvalue weighted by atomic mass is 16.6.